The molecule has 6 aliphatic carbocycles. The zero-order valence-electron chi connectivity index (χ0n) is 26.8. The Morgan fingerprint density at radius 3 is 1.30 bits per heavy atom. The van der Waals surface area contributed by atoms with Crippen molar-refractivity contribution >= 4 is 0 Å². The Labute approximate surface area is 266 Å². The van der Waals surface area contributed by atoms with Crippen LogP contribution in [-0.2, 0) is 0 Å². The highest BCUT2D eigenvalue weighted by atomic mass is 15.1. The minimum absolute atomic E-state index is 0.559. The van der Waals surface area contributed by atoms with Crippen LogP contribution in [-0.4, -0.2) is 24.2 Å². The second-order valence-corrected chi connectivity index (χ2v) is 16.1. The van der Waals surface area contributed by atoms with E-state index in [1.165, 1.54) is 89.9 Å². The molecule has 232 valence electrons. The zero-order valence-corrected chi connectivity index (χ0v) is 26.8. The average Bonchev–Trinajstić information content (AvgIpc) is 3.11. The second-order valence-electron chi connectivity index (χ2n) is 16.1. The van der Waals surface area contributed by atoms with Crippen LogP contribution in [0, 0.1) is 47.3 Å². The summed E-state index contributed by atoms with van der Waals surface area (Å²) >= 11 is 0. The van der Waals surface area contributed by atoms with E-state index >= 15 is 0 Å². The lowest BCUT2D eigenvalue weighted by atomic mass is 9.68. The van der Waals surface area contributed by atoms with E-state index in [9.17, 15) is 0 Å². The quantitative estimate of drug-likeness (QED) is 0.277. The summed E-state index contributed by atoms with van der Waals surface area (Å²) in [4.78, 5) is 0. The van der Waals surface area contributed by atoms with Gasteiger partial charge < -0.3 is 10.6 Å². The van der Waals surface area contributed by atoms with Crippen molar-refractivity contribution in [1.82, 2.24) is 10.6 Å². The van der Waals surface area contributed by atoms with Crippen LogP contribution in [0.2, 0.25) is 0 Å². The van der Waals surface area contributed by atoms with Gasteiger partial charge in [0.05, 0.1) is 0 Å². The van der Waals surface area contributed by atoms with Crippen molar-refractivity contribution in [2.45, 2.75) is 114 Å². The molecule has 2 N–H and O–H groups in total. The van der Waals surface area contributed by atoms with E-state index in [0.717, 1.165) is 11.8 Å². The van der Waals surface area contributed by atoms with Crippen molar-refractivity contribution in [3.8, 4) is 0 Å². The molecule has 44 heavy (non-hydrogen) atoms. The standard InChI is InChI=1S/C42H54N2/c1-2-28-4-3-27(1)29-5-9-31(10-6-29)33-13-17-35(18-14-33)39-25-23-37-21-22-38-24-26-40(44-42(38)41(37)43-39)36-19-15-34(16-20-36)32-11-7-30(28)8-12-32/h1-2,5,7,9,11,13,15,17,19,21-22,27-29,31,34,36-44H,3-4,6,8,10,12,14,16,18,20,23-26H2/t27-,28?,29?,31?,34-,36+,37?,38?,39?,40?,41?,42?/m0/s1. The molecule has 0 spiro atoms. The van der Waals surface area contributed by atoms with Crippen LogP contribution in [0.25, 0.3) is 0 Å². The Hall–Kier alpha value is -2.16. The molecule has 17 aliphatic rings. The normalized spacial score (nSPS) is 45.8. The summed E-state index contributed by atoms with van der Waals surface area (Å²) in [5.41, 5.74) is 6.75. The second kappa shape index (κ2) is 11.9. The summed E-state index contributed by atoms with van der Waals surface area (Å²) in [6.45, 7) is 0. The highest BCUT2D eigenvalue weighted by Gasteiger charge is 2.44. The van der Waals surface area contributed by atoms with Crippen LogP contribution >= 0.6 is 0 Å². The minimum Gasteiger partial charge on any atom is -0.308 e. The largest absolute Gasteiger partial charge is 0.308 e. The van der Waals surface area contributed by atoms with Crippen LogP contribution in [0.4, 0.5) is 0 Å². The number of fused-ring (bicyclic) bond motifs is 1. The maximum Gasteiger partial charge on any atom is 0.0295 e. The van der Waals surface area contributed by atoms with Gasteiger partial charge in [-0.1, -0.05) is 95.2 Å². The van der Waals surface area contributed by atoms with Crippen molar-refractivity contribution in [3.05, 3.63) is 95.2 Å². The first-order valence-electron chi connectivity index (χ1n) is 18.8. The van der Waals surface area contributed by atoms with Gasteiger partial charge >= 0.3 is 0 Å². The SMILES string of the molecule is C1=CC2CCC1C1=CC=C(CC1)C1CCC3C=CC4CCC(NC4C3N1)[C@@H]1C=C[C@@H](CC1)C1=CC=C(CC1)C1C=C[C@H]2CC1. The Bertz CT molecular complexity index is 1370. The summed E-state index contributed by atoms with van der Waals surface area (Å²) in [6.07, 6.45) is 49.4. The molecule has 0 amide bonds. The van der Waals surface area contributed by atoms with Crippen molar-refractivity contribution in [2.75, 3.05) is 0 Å². The number of rotatable bonds is 0. The molecular formula is C42H54N2. The van der Waals surface area contributed by atoms with Gasteiger partial charge in [0, 0.05) is 24.2 Å². The average molecular weight is 587 g/mol. The molecule has 0 aromatic rings. The van der Waals surface area contributed by atoms with E-state index in [1.807, 2.05) is 0 Å². The molecule has 2 saturated heterocycles. The third-order valence-corrected chi connectivity index (χ3v) is 13.9. The molecule has 14 bridgehead atoms. The highest BCUT2D eigenvalue weighted by Crippen LogP contribution is 2.44. The molecule has 0 saturated carbocycles. The van der Waals surface area contributed by atoms with Gasteiger partial charge in [-0.25, -0.2) is 0 Å². The molecule has 12 atom stereocenters. The first kappa shape index (κ1) is 28.1. The van der Waals surface area contributed by atoms with Gasteiger partial charge in [-0.15, -0.1) is 0 Å². The van der Waals surface area contributed by atoms with Gasteiger partial charge in [-0.05, 0) is 137 Å². The van der Waals surface area contributed by atoms with Crippen molar-refractivity contribution < 1.29 is 0 Å². The van der Waals surface area contributed by atoms with E-state index in [1.54, 1.807) is 22.3 Å². The Kier molecular flexibility index (Phi) is 7.59. The number of piperidine rings is 2. The Balaban J connectivity index is 1.01. The molecule has 0 radical (unpaired) electrons. The molecule has 0 aromatic heterocycles. The van der Waals surface area contributed by atoms with Crippen LogP contribution in [0.15, 0.2) is 95.2 Å². The molecule has 2 heteroatoms. The lowest BCUT2D eigenvalue weighted by Gasteiger charge is -2.51. The van der Waals surface area contributed by atoms with Crippen molar-refractivity contribution in [3.63, 3.8) is 0 Å². The summed E-state index contributed by atoms with van der Waals surface area (Å²) < 4.78 is 0. The van der Waals surface area contributed by atoms with Crippen LogP contribution in [0.1, 0.15) is 89.9 Å². The van der Waals surface area contributed by atoms with Gasteiger partial charge in [0.15, 0.2) is 0 Å². The molecule has 11 aliphatic heterocycles. The van der Waals surface area contributed by atoms with Gasteiger partial charge in [-0.3, -0.25) is 0 Å². The lowest BCUT2D eigenvalue weighted by Crippen LogP contribution is -2.65. The fourth-order valence-electron chi connectivity index (χ4n) is 11.1. The number of hydrogen-bond acceptors (Lipinski definition) is 2. The summed E-state index contributed by atoms with van der Waals surface area (Å²) in [7, 11) is 0. The third-order valence-electron chi connectivity index (χ3n) is 13.9. The fourth-order valence-corrected chi connectivity index (χ4v) is 11.1. The van der Waals surface area contributed by atoms with E-state index in [2.05, 4.69) is 83.5 Å². The Morgan fingerprint density at radius 1 is 0.364 bits per heavy atom. The van der Waals surface area contributed by atoms with Crippen LogP contribution in [0.5, 0.6) is 0 Å². The predicted molar refractivity (Wildman–Crippen MR) is 183 cm³/mol. The minimum atomic E-state index is 0.559. The van der Waals surface area contributed by atoms with E-state index in [-0.39, 0.29) is 0 Å². The van der Waals surface area contributed by atoms with E-state index < -0.39 is 0 Å². The summed E-state index contributed by atoms with van der Waals surface area (Å²) in [6, 6.07) is 2.36. The maximum atomic E-state index is 4.30. The fraction of sp³-hybridized carbons (Fsp3) is 0.619. The Morgan fingerprint density at radius 2 is 0.795 bits per heavy atom. The predicted octanol–water partition coefficient (Wildman–Crippen LogP) is 9.08. The molecule has 11 heterocycles. The first-order chi connectivity index (χ1) is 21.7. The zero-order chi connectivity index (χ0) is 29.0. The smallest absolute Gasteiger partial charge is 0.0295 e. The number of allylic oxidation sites excluding steroid dienone is 12. The van der Waals surface area contributed by atoms with Crippen molar-refractivity contribution in [2.24, 2.45) is 47.3 Å². The topological polar surface area (TPSA) is 24.1 Å². The molecular weight excluding hydrogens is 532 g/mol. The molecule has 2 fully saturated rings. The lowest BCUT2D eigenvalue weighted by molar-refractivity contribution is 0.129. The summed E-state index contributed by atoms with van der Waals surface area (Å²) in [5, 5.41) is 8.58. The highest BCUT2D eigenvalue weighted by molar-refractivity contribution is 5.34. The third kappa shape index (κ3) is 5.27. The summed E-state index contributed by atoms with van der Waals surface area (Å²) in [5.74, 6) is 5.56. The molecule has 9 unspecified atom stereocenters. The van der Waals surface area contributed by atoms with Gasteiger partial charge in [0.2, 0.25) is 0 Å². The molecule has 17 rings (SSSR count). The van der Waals surface area contributed by atoms with Gasteiger partial charge in [0.25, 0.3) is 0 Å². The maximum absolute atomic E-state index is 4.30. The number of hydrogen-bond donors (Lipinski definition) is 2. The van der Waals surface area contributed by atoms with Crippen molar-refractivity contribution in [1.29, 1.82) is 0 Å². The van der Waals surface area contributed by atoms with E-state index in [0.29, 0.717) is 59.7 Å². The molecule has 2 nitrogen and oxygen atoms in total. The number of nitrogens with one attached hydrogen (secondary N) is 2. The van der Waals surface area contributed by atoms with Crippen LogP contribution < -0.4 is 10.6 Å². The first-order valence-corrected chi connectivity index (χ1v) is 18.8. The molecule has 0 aromatic carbocycles. The van der Waals surface area contributed by atoms with E-state index in [4.69, 9.17) is 0 Å². The van der Waals surface area contributed by atoms with Gasteiger partial charge in [-0.2, -0.15) is 0 Å². The van der Waals surface area contributed by atoms with Gasteiger partial charge in [0.1, 0.15) is 0 Å². The monoisotopic (exact) mass is 586 g/mol. The van der Waals surface area contributed by atoms with Crippen LogP contribution in [0.3, 0.4) is 0 Å².